The zero-order valence-electron chi connectivity index (χ0n) is 13.4. The standard InChI is InChI=1S/C19H18N2O3/c1-2-21-11-16(15-5-3-4-6-17(15)21)19(23)24-12-13-7-9-14(10-8-13)18(20)22/h3-11H,2,12H2,1H3,(H2,20,22). The van der Waals surface area contributed by atoms with Gasteiger partial charge in [0.1, 0.15) is 6.61 Å². The number of rotatable bonds is 5. The molecule has 2 aromatic carbocycles. The third kappa shape index (κ3) is 3.01. The fourth-order valence-electron chi connectivity index (χ4n) is 2.66. The van der Waals surface area contributed by atoms with Gasteiger partial charge >= 0.3 is 5.97 Å². The Bertz CT molecular complexity index is 895. The van der Waals surface area contributed by atoms with Gasteiger partial charge in [-0.1, -0.05) is 30.3 Å². The summed E-state index contributed by atoms with van der Waals surface area (Å²) in [5.41, 5.74) is 8.00. The van der Waals surface area contributed by atoms with Crippen molar-refractivity contribution in [2.24, 2.45) is 5.73 Å². The fourth-order valence-corrected chi connectivity index (χ4v) is 2.66. The van der Waals surface area contributed by atoms with Gasteiger partial charge in [0.2, 0.25) is 5.91 Å². The molecule has 5 nitrogen and oxygen atoms in total. The van der Waals surface area contributed by atoms with Crippen molar-refractivity contribution in [3.63, 3.8) is 0 Å². The van der Waals surface area contributed by atoms with E-state index in [1.54, 1.807) is 24.3 Å². The minimum atomic E-state index is -0.481. The molecular formula is C19H18N2O3. The number of para-hydroxylation sites is 1. The summed E-state index contributed by atoms with van der Waals surface area (Å²) in [7, 11) is 0. The molecule has 0 aliphatic carbocycles. The molecule has 1 aromatic heterocycles. The molecule has 0 aliphatic rings. The summed E-state index contributed by atoms with van der Waals surface area (Å²) in [6.45, 7) is 2.95. The molecule has 0 spiro atoms. The molecule has 1 amide bonds. The van der Waals surface area contributed by atoms with Crippen LogP contribution in [0.25, 0.3) is 10.9 Å². The largest absolute Gasteiger partial charge is 0.457 e. The summed E-state index contributed by atoms with van der Waals surface area (Å²) in [4.78, 5) is 23.5. The SMILES string of the molecule is CCn1cc(C(=O)OCc2ccc(C(N)=O)cc2)c2ccccc21. The van der Waals surface area contributed by atoms with E-state index in [9.17, 15) is 9.59 Å². The lowest BCUT2D eigenvalue weighted by Crippen LogP contribution is -2.11. The van der Waals surface area contributed by atoms with Gasteiger partial charge in [0.15, 0.2) is 0 Å². The monoisotopic (exact) mass is 322 g/mol. The normalized spacial score (nSPS) is 10.7. The first-order valence-electron chi connectivity index (χ1n) is 7.74. The topological polar surface area (TPSA) is 74.3 Å². The Kier molecular flexibility index (Phi) is 4.33. The van der Waals surface area contributed by atoms with E-state index in [1.807, 2.05) is 42.0 Å². The van der Waals surface area contributed by atoms with Crippen molar-refractivity contribution < 1.29 is 14.3 Å². The van der Waals surface area contributed by atoms with E-state index in [1.165, 1.54) is 0 Å². The number of aromatic nitrogens is 1. The number of ether oxygens (including phenoxy) is 1. The smallest absolute Gasteiger partial charge is 0.340 e. The van der Waals surface area contributed by atoms with Gasteiger partial charge in [-0.05, 0) is 30.7 Å². The summed E-state index contributed by atoms with van der Waals surface area (Å²) in [5, 5.41) is 0.883. The quantitative estimate of drug-likeness (QED) is 0.733. The van der Waals surface area contributed by atoms with Crippen molar-refractivity contribution in [1.82, 2.24) is 4.57 Å². The maximum atomic E-state index is 12.4. The van der Waals surface area contributed by atoms with E-state index in [0.29, 0.717) is 11.1 Å². The van der Waals surface area contributed by atoms with Gasteiger partial charge in [-0.25, -0.2) is 4.79 Å². The lowest BCUT2D eigenvalue weighted by molar-refractivity contribution is 0.0474. The molecule has 3 rings (SSSR count). The molecule has 1 heterocycles. The second-order valence-electron chi connectivity index (χ2n) is 5.48. The number of hydrogen-bond acceptors (Lipinski definition) is 3. The molecule has 5 heteroatoms. The Balaban J connectivity index is 1.77. The number of hydrogen-bond donors (Lipinski definition) is 1. The lowest BCUT2D eigenvalue weighted by Gasteiger charge is -2.05. The number of esters is 1. The Labute approximate surface area is 139 Å². The molecule has 3 aromatic rings. The summed E-state index contributed by atoms with van der Waals surface area (Å²) >= 11 is 0. The second-order valence-corrected chi connectivity index (χ2v) is 5.48. The number of nitrogens with two attached hydrogens (primary N) is 1. The summed E-state index contributed by atoms with van der Waals surface area (Å²) in [5.74, 6) is -0.844. The third-order valence-corrected chi connectivity index (χ3v) is 3.96. The van der Waals surface area contributed by atoms with E-state index >= 15 is 0 Å². The number of nitrogens with zero attached hydrogens (tertiary/aromatic N) is 1. The van der Waals surface area contributed by atoms with Crippen molar-refractivity contribution in [2.75, 3.05) is 0 Å². The van der Waals surface area contributed by atoms with Crippen LogP contribution in [-0.2, 0) is 17.9 Å². The minimum absolute atomic E-state index is 0.142. The molecule has 0 fully saturated rings. The second kappa shape index (κ2) is 6.58. The summed E-state index contributed by atoms with van der Waals surface area (Å²) in [6.07, 6.45) is 1.82. The lowest BCUT2D eigenvalue weighted by atomic mass is 10.1. The average molecular weight is 322 g/mol. The van der Waals surface area contributed by atoms with Gasteiger partial charge in [0.25, 0.3) is 0 Å². The van der Waals surface area contributed by atoms with E-state index in [4.69, 9.17) is 10.5 Å². The van der Waals surface area contributed by atoms with E-state index < -0.39 is 5.91 Å². The van der Waals surface area contributed by atoms with Crippen LogP contribution in [0.1, 0.15) is 33.2 Å². The molecular weight excluding hydrogens is 304 g/mol. The molecule has 24 heavy (non-hydrogen) atoms. The molecule has 0 saturated carbocycles. The maximum Gasteiger partial charge on any atom is 0.340 e. The van der Waals surface area contributed by atoms with E-state index in [2.05, 4.69) is 0 Å². The fraction of sp³-hybridized carbons (Fsp3) is 0.158. The zero-order valence-corrected chi connectivity index (χ0v) is 13.4. The average Bonchev–Trinajstić information content (AvgIpc) is 2.99. The van der Waals surface area contributed by atoms with Crippen LogP contribution in [0.2, 0.25) is 0 Å². The predicted molar refractivity (Wildman–Crippen MR) is 91.7 cm³/mol. The number of primary amides is 1. The van der Waals surface area contributed by atoms with Crippen LogP contribution in [0, 0.1) is 0 Å². The number of fused-ring (bicyclic) bond motifs is 1. The van der Waals surface area contributed by atoms with Crippen LogP contribution in [0.15, 0.2) is 54.7 Å². The summed E-state index contributed by atoms with van der Waals surface area (Å²) < 4.78 is 7.43. The molecule has 0 aliphatic heterocycles. The zero-order chi connectivity index (χ0) is 17.1. The van der Waals surface area contributed by atoms with Crippen LogP contribution < -0.4 is 5.73 Å². The molecule has 0 unspecified atom stereocenters. The molecule has 0 saturated heterocycles. The Morgan fingerprint density at radius 3 is 2.46 bits per heavy atom. The first-order chi connectivity index (χ1) is 11.6. The first-order valence-corrected chi connectivity index (χ1v) is 7.74. The number of aryl methyl sites for hydroxylation is 1. The van der Waals surface area contributed by atoms with E-state index in [-0.39, 0.29) is 12.6 Å². The van der Waals surface area contributed by atoms with Gasteiger partial charge in [0.05, 0.1) is 5.56 Å². The highest BCUT2D eigenvalue weighted by atomic mass is 16.5. The molecule has 0 bridgehead atoms. The highest BCUT2D eigenvalue weighted by Gasteiger charge is 2.15. The van der Waals surface area contributed by atoms with Crippen LogP contribution >= 0.6 is 0 Å². The van der Waals surface area contributed by atoms with Crippen LogP contribution in [-0.4, -0.2) is 16.4 Å². The molecule has 2 N–H and O–H groups in total. The Morgan fingerprint density at radius 1 is 1.08 bits per heavy atom. The van der Waals surface area contributed by atoms with Crippen LogP contribution in [0.3, 0.4) is 0 Å². The van der Waals surface area contributed by atoms with Gasteiger partial charge in [-0.2, -0.15) is 0 Å². The van der Waals surface area contributed by atoms with Crippen molar-refractivity contribution >= 4 is 22.8 Å². The Morgan fingerprint density at radius 2 is 1.79 bits per heavy atom. The summed E-state index contributed by atoms with van der Waals surface area (Å²) in [6, 6.07) is 14.4. The van der Waals surface area contributed by atoms with Crippen molar-refractivity contribution in [2.45, 2.75) is 20.1 Å². The minimum Gasteiger partial charge on any atom is -0.457 e. The van der Waals surface area contributed by atoms with Gasteiger partial charge in [0, 0.05) is 29.2 Å². The number of carbonyl (C=O) groups excluding carboxylic acids is 2. The highest BCUT2D eigenvalue weighted by Crippen LogP contribution is 2.22. The van der Waals surface area contributed by atoms with Crippen molar-refractivity contribution in [3.05, 3.63) is 71.4 Å². The van der Waals surface area contributed by atoms with Crippen molar-refractivity contribution in [3.8, 4) is 0 Å². The van der Waals surface area contributed by atoms with Gasteiger partial charge in [-0.3, -0.25) is 4.79 Å². The predicted octanol–water partition coefficient (Wildman–Crippen LogP) is 3.12. The van der Waals surface area contributed by atoms with Crippen molar-refractivity contribution in [1.29, 1.82) is 0 Å². The van der Waals surface area contributed by atoms with Gasteiger partial charge in [-0.15, -0.1) is 0 Å². The molecule has 0 atom stereocenters. The number of benzene rings is 2. The van der Waals surface area contributed by atoms with Crippen LogP contribution in [0.4, 0.5) is 0 Å². The number of carbonyl (C=O) groups is 2. The molecule has 122 valence electrons. The highest BCUT2D eigenvalue weighted by molar-refractivity contribution is 6.04. The van der Waals surface area contributed by atoms with E-state index in [0.717, 1.165) is 23.0 Å². The van der Waals surface area contributed by atoms with Crippen LogP contribution in [0.5, 0.6) is 0 Å². The maximum absolute atomic E-state index is 12.4. The number of amides is 1. The van der Waals surface area contributed by atoms with Gasteiger partial charge < -0.3 is 15.0 Å². The molecule has 0 radical (unpaired) electrons. The first kappa shape index (κ1) is 15.8. The Hall–Kier alpha value is -3.08. The third-order valence-electron chi connectivity index (χ3n) is 3.96.